The second-order valence-corrected chi connectivity index (χ2v) is 8.60. The van der Waals surface area contributed by atoms with Crippen molar-refractivity contribution < 1.29 is 13.9 Å². The number of nitriles is 1. The molecule has 3 unspecified atom stereocenters. The number of hydrogen-bond acceptors (Lipinski definition) is 5. The summed E-state index contributed by atoms with van der Waals surface area (Å²) in [4.78, 5) is 26.7. The van der Waals surface area contributed by atoms with Gasteiger partial charge in [0.2, 0.25) is 5.91 Å². The fourth-order valence-corrected chi connectivity index (χ4v) is 4.85. The van der Waals surface area contributed by atoms with Crippen molar-refractivity contribution >= 4 is 23.2 Å². The Morgan fingerprint density at radius 1 is 1.37 bits per heavy atom. The van der Waals surface area contributed by atoms with Crippen molar-refractivity contribution in [3.05, 3.63) is 28.7 Å². The maximum atomic E-state index is 13.0. The van der Waals surface area contributed by atoms with Crippen molar-refractivity contribution in [1.82, 2.24) is 9.47 Å². The smallest absolute Gasteiger partial charge is 0.250 e. The molecule has 30 heavy (non-hydrogen) atoms. The Kier molecular flexibility index (Phi) is 7.87. The highest BCUT2D eigenvalue weighted by Gasteiger charge is 2.45. The van der Waals surface area contributed by atoms with E-state index in [-0.39, 0.29) is 24.1 Å². The number of halogens is 2. The van der Waals surface area contributed by atoms with Gasteiger partial charge in [-0.3, -0.25) is 14.5 Å². The number of carbonyl (C=O) groups excluding carboxylic acids is 1. The summed E-state index contributed by atoms with van der Waals surface area (Å²) in [5.41, 5.74) is 0.0882. The van der Waals surface area contributed by atoms with E-state index in [1.165, 1.54) is 22.9 Å². The van der Waals surface area contributed by atoms with Crippen LogP contribution in [0.1, 0.15) is 32.1 Å². The van der Waals surface area contributed by atoms with Crippen LogP contribution in [-0.4, -0.2) is 59.3 Å². The molecule has 9 heteroatoms. The van der Waals surface area contributed by atoms with Gasteiger partial charge in [-0.25, -0.2) is 4.39 Å². The first-order valence-corrected chi connectivity index (χ1v) is 10.8. The highest BCUT2D eigenvalue weighted by Crippen LogP contribution is 2.34. The fourth-order valence-electron chi connectivity index (χ4n) is 4.48. The molecule has 1 aliphatic carbocycles. The number of alkyl halides is 2. The number of rotatable bonds is 7. The van der Waals surface area contributed by atoms with E-state index in [0.717, 1.165) is 25.7 Å². The van der Waals surface area contributed by atoms with Gasteiger partial charge in [-0.1, -0.05) is 0 Å². The summed E-state index contributed by atoms with van der Waals surface area (Å²) >= 11 is 6.41. The van der Waals surface area contributed by atoms with E-state index in [9.17, 15) is 19.2 Å². The number of ether oxygens (including phenoxy) is 1. The van der Waals surface area contributed by atoms with Crippen LogP contribution in [0.25, 0.3) is 0 Å². The molecule has 0 radical (unpaired) electrons. The molecule has 3 atom stereocenters. The van der Waals surface area contributed by atoms with Crippen LogP contribution >= 0.6 is 11.6 Å². The first kappa shape index (κ1) is 22.7. The number of carbonyl (C=O) groups is 1. The molecule has 1 aromatic heterocycles. The summed E-state index contributed by atoms with van der Waals surface area (Å²) in [7, 11) is 1.73. The summed E-state index contributed by atoms with van der Waals surface area (Å²) in [6, 6.07) is 4.00. The van der Waals surface area contributed by atoms with Crippen LogP contribution in [0, 0.1) is 17.2 Å². The van der Waals surface area contributed by atoms with E-state index in [0.29, 0.717) is 24.6 Å². The SMILES string of the molecule is COC1CCC(CN2C(C(=O)Nc3ccc(=O)n(CCF)c3)CC(Cl)C2C#N)CC1. The molecule has 1 aromatic rings. The molecular formula is C21H28ClFN4O3. The molecule has 164 valence electrons. The summed E-state index contributed by atoms with van der Waals surface area (Å²) in [6.45, 7) is -0.101. The number of nitrogens with zero attached hydrogens (tertiary/aromatic N) is 3. The van der Waals surface area contributed by atoms with Crippen molar-refractivity contribution in [1.29, 1.82) is 5.26 Å². The molecule has 0 bridgehead atoms. The average molecular weight is 439 g/mol. The number of likely N-dealkylation sites (tertiary alicyclic amines) is 1. The Balaban J connectivity index is 1.70. The van der Waals surface area contributed by atoms with Gasteiger partial charge in [0, 0.05) is 25.9 Å². The van der Waals surface area contributed by atoms with Crippen LogP contribution in [0.15, 0.2) is 23.1 Å². The number of methoxy groups -OCH3 is 1. The van der Waals surface area contributed by atoms with E-state index in [1.807, 2.05) is 4.90 Å². The van der Waals surface area contributed by atoms with E-state index < -0.39 is 24.1 Å². The maximum absolute atomic E-state index is 13.0. The van der Waals surface area contributed by atoms with E-state index in [4.69, 9.17) is 16.3 Å². The van der Waals surface area contributed by atoms with Gasteiger partial charge in [-0.2, -0.15) is 5.26 Å². The minimum Gasteiger partial charge on any atom is -0.381 e. The van der Waals surface area contributed by atoms with Gasteiger partial charge >= 0.3 is 0 Å². The summed E-state index contributed by atoms with van der Waals surface area (Å²) in [5.74, 6) is 0.116. The Morgan fingerprint density at radius 2 is 2.10 bits per heavy atom. The van der Waals surface area contributed by atoms with Gasteiger partial charge in [0.1, 0.15) is 12.7 Å². The van der Waals surface area contributed by atoms with Crippen LogP contribution < -0.4 is 10.9 Å². The normalized spacial score (nSPS) is 29.5. The minimum absolute atomic E-state index is 0.0670. The predicted octanol–water partition coefficient (Wildman–Crippen LogP) is 2.54. The first-order chi connectivity index (χ1) is 14.5. The van der Waals surface area contributed by atoms with Crippen molar-refractivity contribution in [2.24, 2.45) is 5.92 Å². The molecule has 1 amide bonds. The number of aryl methyl sites for hydroxylation is 1. The largest absolute Gasteiger partial charge is 0.381 e. The number of pyridine rings is 1. The Hall–Kier alpha value is -1.95. The van der Waals surface area contributed by atoms with Crippen molar-refractivity contribution in [3.8, 4) is 6.07 Å². The quantitative estimate of drug-likeness (QED) is 0.661. The Bertz CT molecular complexity index is 834. The lowest BCUT2D eigenvalue weighted by atomic mass is 9.86. The van der Waals surface area contributed by atoms with Gasteiger partial charge < -0.3 is 14.6 Å². The van der Waals surface area contributed by atoms with Gasteiger partial charge in [-0.05, 0) is 44.1 Å². The molecule has 1 N–H and O–H groups in total. The minimum atomic E-state index is -0.670. The fraction of sp³-hybridized carbons (Fsp3) is 0.667. The van der Waals surface area contributed by atoms with E-state index in [2.05, 4.69) is 11.4 Å². The maximum Gasteiger partial charge on any atom is 0.250 e. The summed E-state index contributed by atoms with van der Waals surface area (Å²) < 4.78 is 19.3. The van der Waals surface area contributed by atoms with Crippen molar-refractivity contribution in [2.45, 2.75) is 62.2 Å². The van der Waals surface area contributed by atoms with Crippen LogP contribution in [0.4, 0.5) is 10.1 Å². The molecule has 7 nitrogen and oxygen atoms in total. The second kappa shape index (κ2) is 10.4. The molecule has 2 aliphatic rings. The lowest BCUT2D eigenvalue weighted by Crippen LogP contribution is -2.46. The number of aromatic nitrogens is 1. The van der Waals surface area contributed by atoms with Gasteiger partial charge in [0.25, 0.3) is 5.56 Å². The molecule has 0 aromatic carbocycles. The first-order valence-electron chi connectivity index (χ1n) is 10.4. The molecule has 2 heterocycles. The van der Waals surface area contributed by atoms with Crippen molar-refractivity contribution in [3.63, 3.8) is 0 Å². The molecule has 1 saturated heterocycles. The van der Waals surface area contributed by atoms with Gasteiger partial charge in [0.15, 0.2) is 0 Å². The Morgan fingerprint density at radius 3 is 2.73 bits per heavy atom. The highest BCUT2D eigenvalue weighted by atomic mass is 35.5. The number of amides is 1. The lowest BCUT2D eigenvalue weighted by Gasteiger charge is -2.34. The standard InChI is InChI=1S/C21H28ClFN4O3/c1-30-16-5-2-14(3-6-16)12-27-18(10-17(22)19(27)11-24)21(29)25-15-4-7-20(28)26(13-15)9-8-23/h4,7,13-14,16-19H,2-3,5-6,8-10,12H2,1H3,(H,25,29). The highest BCUT2D eigenvalue weighted by molar-refractivity contribution is 6.22. The summed E-state index contributed by atoms with van der Waals surface area (Å²) in [5, 5.41) is 12.0. The molecule has 0 spiro atoms. The third-order valence-corrected chi connectivity index (χ3v) is 6.57. The molecular weight excluding hydrogens is 411 g/mol. The van der Waals surface area contributed by atoms with Crippen LogP contribution in [-0.2, 0) is 16.1 Å². The molecule has 3 rings (SSSR count). The van der Waals surface area contributed by atoms with Gasteiger partial charge in [-0.15, -0.1) is 11.6 Å². The zero-order valence-corrected chi connectivity index (χ0v) is 17.9. The van der Waals surface area contributed by atoms with Crippen molar-refractivity contribution in [2.75, 3.05) is 25.6 Å². The predicted molar refractivity (Wildman–Crippen MR) is 112 cm³/mol. The number of hydrogen-bond donors (Lipinski definition) is 1. The van der Waals surface area contributed by atoms with E-state index >= 15 is 0 Å². The van der Waals surface area contributed by atoms with Gasteiger partial charge in [0.05, 0.1) is 35.8 Å². The zero-order chi connectivity index (χ0) is 21.7. The topological polar surface area (TPSA) is 87.4 Å². The molecule has 1 aliphatic heterocycles. The molecule has 1 saturated carbocycles. The third kappa shape index (κ3) is 5.20. The zero-order valence-electron chi connectivity index (χ0n) is 17.1. The third-order valence-electron chi connectivity index (χ3n) is 6.16. The summed E-state index contributed by atoms with van der Waals surface area (Å²) in [6.07, 6.45) is 6.03. The number of nitrogens with one attached hydrogen (secondary N) is 1. The monoisotopic (exact) mass is 438 g/mol. The Labute approximate surface area is 180 Å². The number of anilines is 1. The van der Waals surface area contributed by atoms with E-state index in [1.54, 1.807) is 7.11 Å². The second-order valence-electron chi connectivity index (χ2n) is 8.04. The lowest BCUT2D eigenvalue weighted by molar-refractivity contribution is -0.120. The average Bonchev–Trinajstić information content (AvgIpc) is 3.06. The molecule has 2 fully saturated rings. The van der Waals surface area contributed by atoms with Crippen LogP contribution in [0.5, 0.6) is 0 Å². The van der Waals surface area contributed by atoms with Crippen LogP contribution in [0.3, 0.4) is 0 Å². The van der Waals surface area contributed by atoms with Crippen LogP contribution in [0.2, 0.25) is 0 Å².